The van der Waals surface area contributed by atoms with Crippen LogP contribution in [0.25, 0.3) is 0 Å². The predicted molar refractivity (Wildman–Crippen MR) is 133 cm³/mol. The highest BCUT2D eigenvalue weighted by molar-refractivity contribution is 7.92. The molecular formula is C27H26N2O4S. The molecule has 0 saturated heterocycles. The largest absolute Gasteiger partial charge is 0.478 e. The first-order valence-electron chi connectivity index (χ1n) is 11.2. The van der Waals surface area contributed by atoms with E-state index in [0.717, 1.165) is 17.7 Å². The zero-order chi connectivity index (χ0) is 24.0. The molecule has 3 atom stereocenters. The van der Waals surface area contributed by atoms with Gasteiger partial charge < -0.3 is 10.4 Å². The van der Waals surface area contributed by atoms with Gasteiger partial charge in [0.05, 0.1) is 16.5 Å². The van der Waals surface area contributed by atoms with Crippen molar-refractivity contribution in [3.63, 3.8) is 0 Å². The number of aromatic carboxylic acids is 1. The SMILES string of the molecule is Cc1ccc(C)c([C@H]2Nc3ccc(S(=O)(=O)Nc4ccc(C(=O)O)cc4)cc3[C@H]3C=CC[C@H]32)c1. The number of carboxylic acid groups (broad SMARTS) is 1. The van der Waals surface area contributed by atoms with Crippen molar-refractivity contribution >= 4 is 27.4 Å². The zero-order valence-corrected chi connectivity index (χ0v) is 19.8. The second-order valence-electron chi connectivity index (χ2n) is 9.07. The van der Waals surface area contributed by atoms with Crippen LogP contribution >= 0.6 is 0 Å². The maximum Gasteiger partial charge on any atom is 0.335 e. The van der Waals surface area contributed by atoms with Crippen LogP contribution in [0.15, 0.2) is 77.7 Å². The summed E-state index contributed by atoms with van der Waals surface area (Å²) in [5.41, 5.74) is 6.09. The van der Waals surface area contributed by atoms with E-state index < -0.39 is 16.0 Å². The van der Waals surface area contributed by atoms with Gasteiger partial charge in [-0.25, -0.2) is 13.2 Å². The van der Waals surface area contributed by atoms with Gasteiger partial charge in [-0.2, -0.15) is 0 Å². The Bertz CT molecular complexity index is 1410. The standard InChI is InChI=1S/C27H26N2O4S/c1-16-6-7-17(2)23(14-16)26-22-5-3-4-21(22)24-15-20(12-13-25(24)28-26)34(32,33)29-19-10-8-18(9-11-19)27(30)31/h3-4,6-15,21-22,26,28-29H,5H2,1-2H3,(H,30,31)/t21-,22+,26-/m0/s1. The van der Waals surface area contributed by atoms with Gasteiger partial charge in [0.2, 0.25) is 0 Å². The van der Waals surface area contributed by atoms with E-state index in [1.54, 1.807) is 12.1 Å². The summed E-state index contributed by atoms with van der Waals surface area (Å²) in [5.74, 6) is -0.622. The van der Waals surface area contributed by atoms with Crippen LogP contribution < -0.4 is 10.0 Å². The van der Waals surface area contributed by atoms with Crippen LogP contribution in [0, 0.1) is 19.8 Å². The number of allylic oxidation sites excluding steroid dienone is 2. The summed E-state index contributed by atoms with van der Waals surface area (Å²) in [5, 5.41) is 12.7. The predicted octanol–water partition coefficient (Wildman–Crippen LogP) is 5.63. The Hall–Kier alpha value is -3.58. The number of benzene rings is 3. The van der Waals surface area contributed by atoms with E-state index in [1.165, 1.54) is 41.0 Å². The summed E-state index contributed by atoms with van der Waals surface area (Å²) in [7, 11) is -3.84. The third kappa shape index (κ3) is 3.96. The van der Waals surface area contributed by atoms with Gasteiger partial charge in [-0.05, 0) is 85.3 Å². The van der Waals surface area contributed by atoms with Crippen molar-refractivity contribution in [1.29, 1.82) is 0 Å². The number of carboxylic acids is 1. The molecule has 0 bridgehead atoms. The van der Waals surface area contributed by atoms with Gasteiger partial charge >= 0.3 is 5.97 Å². The fourth-order valence-electron chi connectivity index (χ4n) is 5.04. The first-order chi connectivity index (χ1) is 16.2. The second kappa shape index (κ2) is 8.33. The Morgan fingerprint density at radius 1 is 1.00 bits per heavy atom. The molecule has 3 aromatic carbocycles. The Kier molecular flexibility index (Phi) is 5.44. The third-order valence-corrected chi connectivity index (χ3v) is 8.18. The van der Waals surface area contributed by atoms with Gasteiger partial charge in [-0.1, -0.05) is 35.9 Å². The quantitative estimate of drug-likeness (QED) is 0.417. The lowest BCUT2D eigenvalue weighted by Gasteiger charge is -2.38. The molecular weight excluding hydrogens is 448 g/mol. The van der Waals surface area contributed by atoms with Gasteiger partial charge in [0.15, 0.2) is 0 Å². The van der Waals surface area contributed by atoms with E-state index in [2.05, 4.69) is 54.2 Å². The number of sulfonamides is 1. The van der Waals surface area contributed by atoms with Crippen LogP contribution in [-0.4, -0.2) is 19.5 Å². The van der Waals surface area contributed by atoms with E-state index in [-0.39, 0.29) is 22.4 Å². The summed E-state index contributed by atoms with van der Waals surface area (Å²) in [4.78, 5) is 11.2. The number of aryl methyl sites for hydroxylation is 2. The van der Waals surface area contributed by atoms with Crippen molar-refractivity contribution < 1.29 is 18.3 Å². The minimum atomic E-state index is -3.84. The molecule has 0 radical (unpaired) electrons. The Labute approximate surface area is 199 Å². The first-order valence-corrected chi connectivity index (χ1v) is 12.7. The minimum absolute atomic E-state index is 0.0975. The van der Waals surface area contributed by atoms with E-state index in [1.807, 2.05) is 6.07 Å². The Morgan fingerprint density at radius 2 is 1.76 bits per heavy atom. The average Bonchev–Trinajstić information content (AvgIpc) is 3.30. The molecule has 5 rings (SSSR count). The fraction of sp³-hybridized carbons (Fsp3) is 0.222. The molecule has 1 heterocycles. The minimum Gasteiger partial charge on any atom is -0.478 e. The van der Waals surface area contributed by atoms with Crippen LogP contribution in [-0.2, 0) is 10.0 Å². The lowest BCUT2D eigenvalue weighted by molar-refractivity contribution is 0.0697. The van der Waals surface area contributed by atoms with E-state index in [0.29, 0.717) is 11.6 Å². The molecule has 0 spiro atoms. The van der Waals surface area contributed by atoms with Crippen molar-refractivity contribution in [3.05, 3.63) is 101 Å². The molecule has 2 aliphatic rings. The lowest BCUT2D eigenvalue weighted by Crippen LogP contribution is -2.30. The maximum absolute atomic E-state index is 13.1. The molecule has 1 aliphatic carbocycles. The summed E-state index contributed by atoms with van der Waals surface area (Å²) >= 11 is 0. The Balaban J connectivity index is 1.47. The van der Waals surface area contributed by atoms with Gasteiger partial charge in [0.25, 0.3) is 10.0 Å². The molecule has 0 fully saturated rings. The topological polar surface area (TPSA) is 95.5 Å². The second-order valence-corrected chi connectivity index (χ2v) is 10.8. The van der Waals surface area contributed by atoms with Crippen LogP contribution in [0.2, 0.25) is 0 Å². The number of hydrogen-bond donors (Lipinski definition) is 3. The van der Waals surface area contributed by atoms with Gasteiger partial charge in [0, 0.05) is 17.3 Å². The number of carbonyl (C=O) groups is 1. The van der Waals surface area contributed by atoms with E-state index in [4.69, 9.17) is 5.11 Å². The molecule has 6 nitrogen and oxygen atoms in total. The maximum atomic E-state index is 13.1. The number of nitrogens with one attached hydrogen (secondary N) is 2. The zero-order valence-electron chi connectivity index (χ0n) is 18.9. The third-order valence-electron chi connectivity index (χ3n) is 6.80. The molecule has 0 amide bonds. The van der Waals surface area contributed by atoms with Gasteiger partial charge in [-0.3, -0.25) is 4.72 Å². The number of rotatable bonds is 5. The summed E-state index contributed by atoms with van der Waals surface area (Å²) < 4.78 is 28.8. The molecule has 7 heteroatoms. The lowest BCUT2D eigenvalue weighted by atomic mass is 9.76. The van der Waals surface area contributed by atoms with E-state index >= 15 is 0 Å². The molecule has 3 N–H and O–H groups in total. The molecule has 1 aliphatic heterocycles. The van der Waals surface area contributed by atoms with Gasteiger partial charge in [-0.15, -0.1) is 0 Å². The van der Waals surface area contributed by atoms with Crippen molar-refractivity contribution in [2.24, 2.45) is 5.92 Å². The molecule has 0 unspecified atom stereocenters. The highest BCUT2D eigenvalue weighted by Crippen LogP contribution is 2.50. The van der Waals surface area contributed by atoms with Crippen LogP contribution in [0.1, 0.15) is 51.0 Å². The smallest absolute Gasteiger partial charge is 0.335 e. The van der Waals surface area contributed by atoms with Crippen molar-refractivity contribution in [1.82, 2.24) is 0 Å². The van der Waals surface area contributed by atoms with Crippen molar-refractivity contribution in [2.75, 3.05) is 10.0 Å². The number of fused-ring (bicyclic) bond motifs is 3. The summed E-state index contributed by atoms with van der Waals surface area (Å²) in [6.45, 7) is 4.23. The van der Waals surface area contributed by atoms with Crippen LogP contribution in [0.3, 0.4) is 0 Å². The summed E-state index contributed by atoms with van der Waals surface area (Å²) in [6.07, 6.45) is 5.31. The van der Waals surface area contributed by atoms with Crippen molar-refractivity contribution in [3.8, 4) is 0 Å². The van der Waals surface area contributed by atoms with Crippen molar-refractivity contribution in [2.45, 2.75) is 37.1 Å². The van der Waals surface area contributed by atoms with Crippen LogP contribution in [0.5, 0.6) is 0 Å². The highest BCUT2D eigenvalue weighted by Gasteiger charge is 2.39. The number of hydrogen-bond acceptors (Lipinski definition) is 4. The van der Waals surface area contributed by atoms with E-state index in [9.17, 15) is 13.2 Å². The summed E-state index contributed by atoms with van der Waals surface area (Å²) in [6, 6.07) is 17.5. The monoisotopic (exact) mass is 474 g/mol. The molecule has 0 saturated carbocycles. The van der Waals surface area contributed by atoms with Gasteiger partial charge in [0.1, 0.15) is 0 Å². The normalized spacial score (nSPS) is 20.8. The average molecular weight is 475 g/mol. The first kappa shape index (κ1) is 22.2. The molecule has 34 heavy (non-hydrogen) atoms. The highest BCUT2D eigenvalue weighted by atomic mass is 32.2. The molecule has 174 valence electrons. The fourth-order valence-corrected chi connectivity index (χ4v) is 6.13. The number of anilines is 2. The molecule has 3 aromatic rings. The van der Waals surface area contributed by atoms with Crippen LogP contribution in [0.4, 0.5) is 11.4 Å². The molecule has 0 aromatic heterocycles. The Morgan fingerprint density at radius 3 is 2.50 bits per heavy atom.